The zero-order chi connectivity index (χ0) is 15.2. The number of likely N-dealkylation sites (tertiary alicyclic amines) is 1. The topological polar surface area (TPSA) is 84.7 Å². The molecule has 21 heavy (non-hydrogen) atoms. The van der Waals surface area contributed by atoms with Crippen molar-refractivity contribution in [2.24, 2.45) is 11.7 Å². The number of rotatable bonds is 5. The van der Waals surface area contributed by atoms with Crippen molar-refractivity contribution >= 4 is 17.5 Å². The second-order valence-electron chi connectivity index (χ2n) is 5.21. The fraction of sp³-hybridized carbons (Fsp3) is 0.467. The molecule has 0 aromatic heterocycles. The first-order valence-corrected chi connectivity index (χ1v) is 7.04. The normalized spacial score (nSPS) is 16.4. The lowest BCUT2D eigenvalue weighted by Gasteiger charge is -2.30. The first-order valence-electron chi connectivity index (χ1n) is 7.04. The molecule has 1 heterocycles. The van der Waals surface area contributed by atoms with E-state index in [0.717, 1.165) is 12.8 Å². The average Bonchev–Trinajstić information content (AvgIpc) is 2.48. The van der Waals surface area contributed by atoms with Gasteiger partial charge < -0.3 is 15.8 Å². The van der Waals surface area contributed by atoms with E-state index in [2.05, 4.69) is 5.32 Å². The van der Waals surface area contributed by atoms with Crippen molar-refractivity contribution in [1.29, 1.82) is 0 Å². The van der Waals surface area contributed by atoms with Gasteiger partial charge in [-0.2, -0.15) is 0 Å². The number of nitrogens with zero attached hydrogens (tertiary/aromatic N) is 1. The van der Waals surface area contributed by atoms with Gasteiger partial charge in [0.25, 0.3) is 0 Å². The highest BCUT2D eigenvalue weighted by molar-refractivity contribution is 5.94. The Kier molecular flexibility index (Phi) is 5.16. The van der Waals surface area contributed by atoms with E-state index in [4.69, 9.17) is 10.5 Å². The molecule has 0 radical (unpaired) electrons. The molecule has 0 saturated carbocycles. The molecule has 1 aliphatic rings. The number of nitrogens with two attached hydrogens (primary N) is 1. The van der Waals surface area contributed by atoms with E-state index in [9.17, 15) is 9.59 Å². The first-order chi connectivity index (χ1) is 10.1. The summed E-state index contributed by atoms with van der Waals surface area (Å²) in [6, 6.07) is 7.34. The molecular formula is C15H21N3O3. The monoisotopic (exact) mass is 291 g/mol. The number of nitrogens with one attached hydrogen (secondary N) is 1. The van der Waals surface area contributed by atoms with Gasteiger partial charge in [-0.3, -0.25) is 14.5 Å². The Bertz CT molecular complexity index is 511. The lowest BCUT2D eigenvalue weighted by Crippen LogP contribution is -2.42. The summed E-state index contributed by atoms with van der Waals surface area (Å²) in [5, 5.41) is 2.91. The molecule has 0 aliphatic carbocycles. The molecule has 1 aromatic rings. The number of hydrogen-bond donors (Lipinski definition) is 2. The van der Waals surface area contributed by atoms with Gasteiger partial charge in [0, 0.05) is 5.92 Å². The zero-order valence-corrected chi connectivity index (χ0v) is 12.2. The Balaban J connectivity index is 1.89. The van der Waals surface area contributed by atoms with Crippen LogP contribution in [0.3, 0.4) is 0 Å². The summed E-state index contributed by atoms with van der Waals surface area (Å²) >= 11 is 0. The second-order valence-corrected chi connectivity index (χ2v) is 5.21. The molecule has 2 amide bonds. The van der Waals surface area contributed by atoms with Crippen LogP contribution in [0.5, 0.6) is 5.75 Å². The number of primary amides is 1. The number of carbonyl (C=O) groups excluding carboxylic acids is 2. The van der Waals surface area contributed by atoms with Gasteiger partial charge in [-0.1, -0.05) is 12.1 Å². The predicted molar refractivity (Wildman–Crippen MR) is 80.0 cm³/mol. The Hall–Kier alpha value is -2.08. The summed E-state index contributed by atoms with van der Waals surface area (Å²) in [6.45, 7) is 1.70. The highest BCUT2D eigenvalue weighted by Crippen LogP contribution is 2.25. The van der Waals surface area contributed by atoms with Crippen molar-refractivity contribution < 1.29 is 14.3 Å². The van der Waals surface area contributed by atoms with Gasteiger partial charge in [-0.15, -0.1) is 0 Å². The maximum absolute atomic E-state index is 12.3. The van der Waals surface area contributed by atoms with Gasteiger partial charge in [0.1, 0.15) is 5.75 Å². The van der Waals surface area contributed by atoms with Gasteiger partial charge in [-0.25, -0.2) is 0 Å². The fourth-order valence-corrected chi connectivity index (χ4v) is 2.56. The highest BCUT2D eigenvalue weighted by Gasteiger charge is 2.25. The molecule has 1 aromatic carbocycles. The smallest absolute Gasteiger partial charge is 0.231 e. The molecule has 0 unspecified atom stereocenters. The molecular weight excluding hydrogens is 270 g/mol. The van der Waals surface area contributed by atoms with Gasteiger partial charge in [-0.05, 0) is 38.1 Å². The molecule has 1 fully saturated rings. The Labute approximate surface area is 124 Å². The number of amides is 2. The zero-order valence-electron chi connectivity index (χ0n) is 12.2. The van der Waals surface area contributed by atoms with Crippen molar-refractivity contribution in [2.75, 3.05) is 32.1 Å². The first kappa shape index (κ1) is 15.3. The lowest BCUT2D eigenvalue weighted by atomic mass is 9.96. The average molecular weight is 291 g/mol. The summed E-state index contributed by atoms with van der Waals surface area (Å²) in [5.41, 5.74) is 5.86. The molecule has 114 valence electrons. The van der Waals surface area contributed by atoms with E-state index in [-0.39, 0.29) is 24.3 Å². The Morgan fingerprint density at radius 2 is 2.00 bits per heavy atom. The largest absolute Gasteiger partial charge is 0.495 e. The van der Waals surface area contributed by atoms with E-state index in [1.165, 1.54) is 0 Å². The number of piperidine rings is 1. The maximum Gasteiger partial charge on any atom is 0.231 e. The summed E-state index contributed by atoms with van der Waals surface area (Å²) in [6.07, 6.45) is 1.46. The lowest BCUT2D eigenvalue weighted by molar-refractivity contribution is -0.122. The standard InChI is InChI=1S/C15H21N3O3/c1-21-13-5-3-2-4-12(13)17-15(20)11-6-8-18(9-7-11)10-14(16)19/h2-5,11H,6-10H2,1H3,(H2,16,19)(H,17,20). The highest BCUT2D eigenvalue weighted by atomic mass is 16.5. The van der Waals surface area contributed by atoms with E-state index in [1.54, 1.807) is 7.11 Å². The van der Waals surface area contributed by atoms with Crippen LogP contribution >= 0.6 is 0 Å². The van der Waals surface area contributed by atoms with Crippen molar-refractivity contribution in [3.8, 4) is 5.75 Å². The predicted octanol–water partition coefficient (Wildman–Crippen LogP) is 0.831. The number of ether oxygens (including phenoxy) is 1. The van der Waals surface area contributed by atoms with Gasteiger partial charge in [0.2, 0.25) is 11.8 Å². The molecule has 1 saturated heterocycles. The van der Waals surface area contributed by atoms with Gasteiger partial charge in [0.15, 0.2) is 0 Å². The van der Waals surface area contributed by atoms with Crippen LogP contribution in [-0.2, 0) is 9.59 Å². The quantitative estimate of drug-likeness (QED) is 0.841. The molecule has 3 N–H and O–H groups in total. The molecule has 1 aliphatic heterocycles. The molecule has 2 rings (SSSR count). The number of anilines is 1. The minimum Gasteiger partial charge on any atom is -0.495 e. The van der Waals surface area contributed by atoms with Crippen LogP contribution in [-0.4, -0.2) is 43.5 Å². The van der Waals surface area contributed by atoms with Crippen LogP contribution in [0.1, 0.15) is 12.8 Å². The Morgan fingerprint density at radius 3 is 2.62 bits per heavy atom. The minimum atomic E-state index is -0.327. The van der Waals surface area contributed by atoms with Crippen molar-refractivity contribution in [3.63, 3.8) is 0 Å². The summed E-state index contributed by atoms with van der Waals surface area (Å²) in [5.74, 6) is 0.279. The van der Waals surface area contributed by atoms with Crippen molar-refractivity contribution in [2.45, 2.75) is 12.8 Å². The van der Waals surface area contributed by atoms with Gasteiger partial charge >= 0.3 is 0 Å². The summed E-state index contributed by atoms with van der Waals surface area (Å²) in [7, 11) is 1.58. The fourth-order valence-electron chi connectivity index (χ4n) is 2.56. The third-order valence-electron chi connectivity index (χ3n) is 3.70. The molecule has 0 atom stereocenters. The minimum absolute atomic E-state index is 0.00164. The Morgan fingerprint density at radius 1 is 1.33 bits per heavy atom. The van der Waals surface area contributed by atoms with Crippen LogP contribution in [0.25, 0.3) is 0 Å². The SMILES string of the molecule is COc1ccccc1NC(=O)C1CCN(CC(N)=O)CC1. The van der Waals surface area contributed by atoms with Gasteiger partial charge in [0.05, 0.1) is 19.3 Å². The second kappa shape index (κ2) is 7.08. The number of benzene rings is 1. The third-order valence-corrected chi connectivity index (χ3v) is 3.70. The van der Waals surface area contributed by atoms with Crippen LogP contribution in [0.4, 0.5) is 5.69 Å². The van der Waals surface area contributed by atoms with Crippen LogP contribution in [0.15, 0.2) is 24.3 Å². The van der Waals surface area contributed by atoms with E-state index < -0.39 is 0 Å². The summed E-state index contributed by atoms with van der Waals surface area (Å²) < 4.78 is 5.22. The molecule has 6 nitrogen and oxygen atoms in total. The number of methoxy groups -OCH3 is 1. The van der Waals surface area contributed by atoms with Crippen molar-refractivity contribution in [3.05, 3.63) is 24.3 Å². The number of hydrogen-bond acceptors (Lipinski definition) is 4. The van der Waals surface area contributed by atoms with Crippen LogP contribution < -0.4 is 15.8 Å². The summed E-state index contributed by atoms with van der Waals surface area (Å²) in [4.78, 5) is 25.2. The number of para-hydroxylation sites is 2. The third kappa shape index (κ3) is 4.19. The van der Waals surface area contributed by atoms with E-state index in [1.807, 2.05) is 29.2 Å². The molecule has 0 spiro atoms. The van der Waals surface area contributed by atoms with E-state index in [0.29, 0.717) is 24.5 Å². The van der Waals surface area contributed by atoms with Crippen LogP contribution in [0, 0.1) is 5.92 Å². The van der Waals surface area contributed by atoms with Crippen LogP contribution in [0.2, 0.25) is 0 Å². The number of carbonyl (C=O) groups is 2. The molecule has 6 heteroatoms. The van der Waals surface area contributed by atoms with Crippen molar-refractivity contribution in [1.82, 2.24) is 4.90 Å². The molecule has 0 bridgehead atoms. The maximum atomic E-state index is 12.3. The van der Waals surface area contributed by atoms with E-state index >= 15 is 0 Å².